The number of hydrogen-bond donors (Lipinski definition) is 2. The van der Waals surface area contributed by atoms with Crippen LogP contribution >= 0.6 is 23.1 Å². The number of hydrogen-bond acceptors (Lipinski definition) is 5. The molecule has 5 nitrogen and oxygen atoms in total. The highest BCUT2D eigenvalue weighted by atomic mass is 32.2. The van der Waals surface area contributed by atoms with Crippen molar-refractivity contribution in [3.05, 3.63) is 46.3 Å². The van der Waals surface area contributed by atoms with E-state index >= 15 is 0 Å². The van der Waals surface area contributed by atoms with E-state index in [4.69, 9.17) is 0 Å². The second-order valence-electron chi connectivity index (χ2n) is 6.48. The number of thioether (sulfide) groups is 1. The van der Waals surface area contributed by atoms with Crippen molar-refractivity contribution in [3.63, 3.8) is 0 Å². The van der Waals surface area contributed by atoms with Crippen molar-refractivity contribution in [1.29, 1.82) is 0 Å². The molecular weight excluding hydrogens is 366 g/mol. The van der Waals surface area contributed by atoms with Gasteiger partial charge >= 0.3 is 0 Å². The van der Waals surface area contributed by atoms with Gasteiger partial charge in [0.1, 0.15) is 5.03 Å². The zero-order valence-electron chi connectivity index (χ0n) is 14.8. The lowest BCUT2D eigenvalue weighted by Crippen LogP contribution is -2.43. The highest BCUT2D eigenvalue weighted by Crippen LogP contribution is 2.42. The molecule has 2 N–H and O–H groups in total. The molecule has 2 aromatic rings. The molecular formula is C19H23N3O2S2. The molecule has 1 saturated carbocycles. The fourth-order valence-corrected chi connectivity index (χ4v) is 4.99. The third kappa shape index (κ3) is 4.27. The SMILES string of the molecule is CSc1ncccc1C(=O)NCC(=O)NCC1(c2cccs2)CCCC1. The van der Waals surface area contributed by atoms with E-state index in [1.54, 1.807) is 29.7 Å². The van der Waals surface area contributed by atoms with Crippen molar-refractivity contribution in [2.75, 3.05) is 19.3 Å². The molecule has 1 fully saturated rings. The number of nitrogens with zero attached hydrogens (tertiary/aromatic N) is 1. The van der Waals surface area contributed by atoms with E-state index in [9.17, 15) is 9.59 Å². The molecule has 0 bridgehead atoms. The maximum absolute atomic E-state index is 12.3. The number of carbonyl (C=O) groups is 2. The maximum atomic E-state index is 12.3. The quantitative estimate of drug-likeness (QED) is 0.713. The summed E-state index contributed by atoms with van der Waals surface area (Å²) in [5.74, 6) is -0.429. The molecule has 0 aromatic carbocycles. The van der Waals surface area contributed by atoms with Gasteiger partial charge in [0, 0.05) is 23.0 Å². The molecule has 0 atom stereocenters. The lowest BCUT2D eigenvalue weighted by atomic mass is 9.84. The molecule has 1 aliphatic rings. The van der Waals surface area contributed by atoms with Crippen LogP contribution in [0.1, 0.15) is 40.9 Å². The third-order valence-corrected chi connectivity index (χ3v) is 6.68. The molecule has 1 aliphatic carbocycles. The number of aromatic nitrogens is 1. The zero-order chi connectivity index (χ0) is 18.4. The van der Waals surface area contributed by atoms with Crippen molar-refractivity contribution < 1.29 is 9.59 Å². The normalized spacial score (nSPS) is 15.6. The summed E-state index contributed by atoms with van der Waals surface area (Å²) < 4.78 is 0. The van der Waals surface area contributed by atoms with Gasteiger partial charge in [-0.15, -0.1) is 23.1 Å². The van der Waals surface area contributed by atoms with Gasteiger partial charge in [-0.25, -0.2) is 4.98 Å². The lowest BCUT2D eigenvalue weighted by molar-refractivity contribution is -0.120. The van der Waals surface area contributed by atoms with E-state index in [2.05, 4.69) is 33.1 Å². The number of pyridine rings is 1. The molecule has 2 amide bonds. The van der Waals surface area contributed by atoms with Crippen LogP contribution in [0.5, 0.6) is 0 Å². The summed E-state index contributed by atoms with van der Waals surface area (Å²) in [7, 11) is 0. The summed E-state index contributed by atoms with van der Waals surface area (Å²) in [6.07, 6.45) is 8.13. The standard InChI is InChI=1S/C19H23N3O2S2/c1-25-18-14(6-4-10-20-18)17(24)21-12-16(23)22-13-19(8-2-3-9-19)15-7-5-11-26-15/h4-7,10-11H,2-3,8-9,12-13H2,1H3,(H,21,24)(H,22,23). The molecule has 3 rings (SSSR count). The van der Waals surface area contributed by atoms with E-state index in [1.807, 2.05) is 6.26 Å². The van der Waals surface area contributed by atoms with Gasteiger partial charge in [0.25, 0.3) is 5.91 Å². The molecule has 138 valence electrons. The average molecular weight is 390 g/mol. The third-order valence-electron chi connectivity index (χ3n) is 4.85. The van der Waals surface area contributed by atoms with Crippen LogP contribution in [-0.4, -0.2) is 36.1 Å². The Morgan fingerprint density at radius 1 is 1.23 bits per heavy atom. The summed E-state index contributed by atoms with van der Waals surface area (Å²) in [5.41, 5.74) is 0.557. The molecule has 2 heterocycles. The molecule has 0 aliphatic heterocycles. The first-order chi connectivity index (χ1) is 12.6. The molecule has 2 aromatic heterocycles. The first kappa shape index (κ1) is 18.9. The van der Waals surface area contributed by atoms with Gasteiger partial charge in [0.2, 0.25) is 5.91 Å². The van der Waals surface area contributed by atoms with Crippen molar-refractivity contribution in [2.45, 2.75) is 36.1 Å². The Kier molecular flexibility index (Phi) is 6.32. The lowest BCUT2D eigenvalue weighted by Gasteiger charge is -2.28. The molecule has 7 heteroatoms. The van der Waals surface area contributed by atoms with Gasteiger partial charge in [-0.3, -0.25) is 9.59 Å². The fourth-order valence-electron chi connectivity index (χ4n) is 3.45. The van der Waals surface area contributed by atoms with Gasteiger partial charge in [0.15, 0.2) is 0 Å². The summed E-state index contributed by atoms with van der Waals surface area (Å²) in [6.45, 7) is 0.604. The Labute approximate surface area is 162 Å². The average Bonchev–Trinajstić information content (AvgIpc) is 3.36. The van der Waals surface area contributed by atoms with Gasteiger partial charge in [-0.2, -0.15) is 0 Å². The molecule has 0 spiro atoms. The van der Waals surface area contributed by atoms with Crippen molar-refractivity contribution in [1.82, 2.24) is 15.6 Å². The van der Waals surface area contributed by atoms with Crippen LogP contribution in [0.3, 0.4) is 0 Å². The minimum absolute atomic E-state index is 0.0257. The number of thiophene rings is 1. The largest absolute Gasteiger partial charge is 0.354 e. The minimum Gasteiger partial charge on any atom is -0.354 e. The van der Waals surface area contributed by atoms with Crippen molar-refractivity contribution in [2.24, 2.45) is 0 Å². The van der Waals surface area contributed by atoms with E-state index in [-0.39, 0.29) is 23.8 Å². The Morgan fingerprint density at radius 2 is 2.04 bits per heavy atom. The first-order valence-corrected chi connectivity index (χ1v) is 10.8. The first-order valence-electron chi connectivity index (χ1n) is 8.72. The smallest absolute Gasteiger partial charge is 0.254 e. The van der Waals surface area contributed by atoms with E-state index in [1.165, 1.54) is 29.5 Å². The Balaban J connectivity index is 1.53. The summed E-state index contributed by atoms with van der Waals surface area (Å²) in [4.78, 5) is 30.1. The van der Waals surface area contributed by atoms with Crippen LogP contribution in [0.2, 0.25) is 0 Å². The van der Waals surface area contributed by atoms with Crippen molar-refractivity contribution >= 4 is 34.9 Å². The predicted octanol–water partition coefficient (Wildman–Crippen LogP) is 3.22. The van der Waals surface area contributed by atoms with Gasteiger partial charge in [-0.05, 0) is 42.7 Å². The van der Waals surface area contributed by atoms with Crippen LogP contribution in [0.15, 0.2) is 40.9 Å². The van der Waals surface area contributed by atoms with E-state index < -0.39 is 0 Å². The highest BCUT2D eigenvalue weighted by molar-refractivity contribution is 7.98. The molecule has 0 radical (unpaired) electrons. The van der Waals surface area contributed by atoms with E-state index in [0.29, 0.717) is 17.1 Å². The number of amides is 2. The Bertz CT molecular complexity index is 756. The van der Waals surface area contributed by atoms with Crippen LogP contribution in [0.4, 0.5) is 0 Å². The Hall–Kier alpha value is -1.86. The zero-order valence-corrected chi connectivity index (χ0v) is 16.4. The minimum atomic E-state index is -0.272. The molecule has 0 unspecified atom stereocenters. The van der Waals surface area contributed by atoms with Crippen LogP contribution < -0.4 is 10.6 Å². The van der Waals surface area contributed by atoms with Gasteiger partial charge in [0.05, 0.1) is 12.1 Å². The number of rotatable bonds is 7. The van der Waals surface area contributed by atoms with Crippen LogP contribution in [0, 0.1) is 0 Å². The topological polar surface area (TPSA) is 71.1 Å². The second kappa shape index (κ2) is 8.68. The summed E-state index contributed by atoms with van der Waals surface area (Å²) >= 11 is 3.17. The Morgan fingerprint density at radius 3 is 2.73 bits per heavy atom. The summed E-state index contributed by atoms with van der Waals surface area (Å²) in [5, 5.41) is 8.47. The fraction of sp³-hybridized carbons (Fsp3) is 0.421. The van der Waals surface area contributed by atoms with Crippen LogP contribution in [0.25, 0.3) is 0 Å². The second-order valence-corrected chi connectivity index (χ2v) is 8.23. The summed E-state index contributed by atoms with van der Waals surface area (Å²) in [6, 6.07) is 7.67. The van der Waals surface area contributed by atoms with Crippen molar-refractivity contribution in [3.8, 4) is 0 Å². The monoisotopic (exact) mass is 389 g/mol. The highest BCUT2D eigenvalue weighted by Gasteiger charge is 2.36. The van der Waals surface area contributed by atoms with E-state index in [0.717, 1.165) is 12.8 Å². The maximum Gasteiger partial charge on any atom is 0.254 e. The molecule has 26 heavy (non-hydrogen) atoms. The number of nitrogens with one attached hydrogen (secondary N) is 2. The van der Waals surface area contributed by atoms with Gasteiger partial charge in [-0.1, -0.05) is 18.9 Å². The van der Waals surface area contributed by atoms with Gasteiger partial charge < -0.3 is 10.6 Å². The predicted molar refractivity (Wildman–Crippen MR) is 106 cm³/mol. The van der Waals surface area contributed by atoms with Crippen LogP contribution in [-0.2, 0) is 10.2 Å². The number of carbonyl (C=O) groups excluding carboxylic acids is 2. The molecule has 0 saturated heterocycles.